The zero-order chi connectivity index (χ0) is 9.11. The lowest BCUT2D eigenvalue weighted by Gasteiger charge is -2.14. The standard InChI is InChI=1S/C6H12O.C2H6.CH4/c7-6-4-2-1-3-5-6;1-2;/h6-7H,1-5H2;1-2H3;1H4/i;;1T. The fraction of sp³-hybridized carbons (Fsp3) is 1.00. The first kappa shape index (κ1) is 9.96. The SMILES string of the molecule is CC.OC1CCCCC1.[3H]C. The largest absolute Gasteiger partial charge is 0.393 e. The average molecular weight is 148 g/mol. The highest BCUT2D eigenvalue weighted by Gasteiger charge is 2.07. The van der Waals surface area contributed by atoms with Gasteiger partial charge >= 0.3 is 0 Å². The molecule has 1 rings (SSSR count). The quantitative estimate of drug-likeness (QED) is 0.560. The summed E-state index contributed by atoms with van der Waals surface area (Å²) in [7, 11) is 1.25. The summed E-state index contributed by atoms with van der Waals surface area (Å²) in [5, 5.41) is 8.91. The van der Waals surface area contributed by atoms with Gasteiger partial charge in [0.25, 0.3) is 0 Å². The third-order valence-electron chi connectivity index (χ3n) is 1.57. The van der Waals surface area contributed by atoms with Crippen molar-refractivity contribution in [3.05, 3.63) is 0 Å². The summed E-state index contributed by atoms with van der Waals surface area (Å²) in [5.74, 6) is 0. The minimum atomic E-state index is 0.0359. The first-order valence-electron chi connectivity index (χ1n) is 5.07. The second-order valence-electron chi connectivity index (χ2n) is 2.29. The first-order chi connectivity index (χ1) is 5.39. The van der Waals surface area contributed by atoms with Crippen LogP contribution in [-0.2, 0) is 0 Å². The summed E-state index contributed by atoms with van der Waals surface area (Å²) in [6, 6.07) is 0. The van der Waals surface area contributed by atoms with E-state index in [9.17, 15) is 0 Å². The van der Waals surface area contributed by atoms with E-state index in [0.717, 1.165) is 12.8 Å². The molecule has 0 bridgehead atoms. The van der Waals surface area contributed by atoms with Crippen LogP contribution in [0.15, 0.2) is 0 Å². The van der Waals surface area contributed by atoms with Gasteiger partial charge in [-0.1, -0.05) is 40.5 Å². The van der Waals surface area contributed by atoms with Crippen LogP contribution in [0, 0.1) is 0 Å². The summed E-state index contributed by atoms with van der Waals surface area (Å²) in [6.45, 7) is 4.00. The molecule has 1 nitrogen and oxygen atoms in total. The number of rotatable bonds is 0. The molecular weight excluding hydrogens is 124 g/mol. The van der Waals surface area contributed by atoms with E-state index in [1.807, 2.05) is 13.8 Å². The second-order valence-corrected chi connectivity index (χ2v) is 2.29. The maximum Gasteiger partial charge on any atom is 0.0540 e. The highest BCUT2D eigenvalue weighted by molar-refractivity contribution is 4.61. The third kappa shape index (κ3) is 6.09. The number of hydrogen-bond acceptors (Lipinski definition) is 1. The van der Waals surface area contributed by atoms with Crippen molar-refractivity contribution in [1.29, 1.82) is 0 Å². The van der Waals surface area contributed by atoms with Crippen molar-refractivity contribution in [3.63, 3.8) is 0 Å². The molecule has 0 aromatic heterocycles. The zero-order valence-electron chi connectivity index (χ0n) is 8.56. The van der Waals surface area contributed by atoms with Gasteiger partial charge in [0.1, 0.15) is 0 Å². The van der Waals surface area contributed by atoms with Gasteiger partial charge in [-0.15, -0.1) is 0 Å². The fourth-order valence-electron chi connectivity index (χ4n) is 1.08. The monoisotopic (exact) mass is 148 g/mol. The van der Waals surface area contributed by atoms with Crippen LogP contribution < -0.4 is 0 Å². The van der Waals surface area contributed by atoms with Crippen LogP contribution in [-0.4, -0.2) is 11.2 Å². The summed E-state index contributed by atoms with van der Waals surface area (Å²) in [6.07, 6.45) is 5.92. The van der Waals surface area contributed by atoms with E-state index < -0.39 is 0 Å². The number of hydrogen-bond donors (Lipinski definition) is 1. The maximum absolute atomic E-state index is 8.91. The Morgan fingerprint density at radius 3 is 1.80 bits per heavy atom. The Balaban J connectivity index is 0. The minimum absolute atomic E-state index is 0.0359. The Morgan fingerprint density at radius 1 is 1.20 bits per heavy atom. The van der Waals surface area contributed by atoms with Gasteiger partial charge in [0, 0.05) is 1.37 Å². The van der Waals surface area contributed by atoms with Gasteiger partial charge in [0.15, 0.2) is 0 Å². The molecule has 0 heterocycles. The van der Waals surface area contributed by atoms with Gasteiger partial charge < -0.3 is 5.11 Å². The molecule has 0 unspecified atom stereocenters. The van der Waals surface area contributed by atoms with Crippen LogP contribution in [0.2, 0.25) is 0 Å². The second kappa shape index (κ2) is 8.96. The lowest BCUT2D eigenvalue weighted by Crippen LogP contribution is -2.09. The molecule has 0 aromatic carbocycles. The van der Waals surface area contributed by atoms with Gasteiger partial charge in [0.05, 0.1) is 6.10 Å². The topological polar surface area (TPSA) is 20.2 Å². The molecule has 1 aliphatic rings. The molecule has 0 atom stereocenters. The molecule has 0 saturated heterocycles. The van der Waals surface area contributed by atoms with Crippen molar-refractivity contribution in [1.82, 2.24) is 0 Å². The molecule has 1 N–H and O–H groups in total. The predicted octanol–water partition coefficient (Wildman–Crippen LogP) is 2.97. The van der Waals surface area contributed by atoms with E-state index in [1.165, 1.54) is 26.7 Å². The van der Waals surface area contributed by atoms with Crippen LogP contribution in [0.25, 0.3) is 0 Å². The predicted molar refractivity (Wildman–Crippen MR) is 47.2 cm³/mol. The van der Waals surface area contributed by atoms with Crippen molar-refractivity contribution in [2.75, 3.05) is 0 Å². The average Bonchev–Trinajstić information content (AvgIpc) is 2.13. The van der Waals surface area contributed by atoms with E-state index in [0.29, 0.717) is 0 Å². The van der Waals surface area contributed by atoms with Crippen LogP contribution in [0.1, 0.15) is 54.7 Å². The van der Waals surface area contributed by atoms with Gasteiger partial charge in [-0.2, -0.15) is 0 Å². The molecule has 64 valence electrons. The summed E-state index contributed by atoms with van der Waals surface area (Å²) >= 11 is 0. The van der Waals surface area contributed by atoms with Gasteiger partial charge in [0.2, 0.25) is 0 Å². The van der Waals surface area contributed by atoms with Crippen molar-refractivity contribution in [3.8, 4) is 0 Å². The molecule has 1 aliphatic carbocycles. The minimum Gasteiger partial charge on any atom is -0.393 e. The van der Waals surface area contributed by atoms with Crippen molar-refractivity contribution in [2.45, 2.75) is 59.5 Å². The van der Waals surface area contributed by atoms with E-state index in [1.54, 1.807) is 0 Å². The lowest BCUT2D eigenvalue weighted by atomic mass is 9.98. The van der Waals surface area contributed by atoms with Crippen LogP contribution >= 0.6 is 0 Å². The molecule has 0 radical (unpaired) electrons. The summed E-state index contributed by atoms with van der Waals surface area (Å²) in [5.41, 5.74) is 0. The van der Waals surface area contributed by atoms with E-state index >= 15 is 0 Å². The highest BCUT2D eigenvalue weighted by atomic mass is 16.3. The number of aliphatic hydroxyl groups excluding tert-OH is 1. The molecule has 1 fully saturated rings. The Labute approximate surface area is 66.9 Å². The van der Waals surface area contributed by atoms with Crippen molar-refractivity contribution in [2.24, 2.45) is 0 Å². The Morgan fingerprint density at radius 2 is 1.60 bits per heavy atom. The van der Waals surface area contributed by atoms with E-state index in [4.69, 9.17) is 6.48 Å². The molecule has 1 saturated carbocycles. The van der Waals surface area contributed by atoms with Crippen LogP contribution in [0.3, 0.4) is 0 Å². The molecule has 0 amide bonds. The molecule has 1 heteroatoms. The van der Waals surface area contributed by atoms with E-state index in [-0.39, 0.29) is 6.10 Å². The molecule has 0 spiro atoms. The van der Waals surface area contributed by atoms with Crippen LogP contribution in [0.5, 0.6) is 0 Å². The van der Waals surface area contributed by atoms with E-state index in [2.05, 4.69) is 0 Å². The van der Waals surface area contributed by atoms with Gasteiger partial charge in [-0.05, 0) is 12.8 Å². The Hall–Kier alpha value is -0.0400. The first-order valence-corrected chi connectivity index (χ1v) is 4.07. The summed E-state index contributed by atoms with van der Waals surface area (Å²) < 4.78 is 5.75. The Bertz CT molecular complexity index is 51.5. The van der Waals surface area contributed by atoms with Crippen LogP contribution in [0.4, 0.5) is 0 Å². The van der Waals surface area contributed by atoms with Crippen molar-refractivity contribution < 1.29 is 6.48 Å². The summed E-state index contributed by atoms with van der Waals surface area (Å²) in [4.78, 5) is 0. The highest BCUT2D eigenvalue weighted by Crippen LogP contribution is 2.16. The molecule has 10 heavy (non-hydrogen) atoms. The third-order valence-corrected chi connectivity index (χ3v) is 1.57. The smallest absolute Gasteiger partial charge is 0.0540 e. The molecule has 0 aromatic rings. The normalized spacial score (nSPS) is 19.0. The lowest BCUT2D eigenvalue weighted by molar-refractivity contribution is 0.130. The van der Waals surface area contributed by atoms with Gasteiger partial charge in [-0.3, -0.25) is 0 Å². The maximum atomic E-state index is 8.91. The fourth-order valence-corrected chi connectivity index (χ4v) is 1.08. The zero-order valence-corrected chi connectivity index (χ0v) is 7.56. The molecular formula is C9H22O. The molecule has 0 aliphatic heterocycles. The Kier molecular flexibility index (Phi) is 8.92. The van der Waals surface area contributed by atoms with Crippen molar-refractivity contribution >= 4 is 0 Å². The number of aliphatic hydroxyl groups is 1. The van der Waals surface area contributed by atoms with Gasteiger partial charge in [-0.25, -0.2) is 0 Å².